The molecule has 1 aliphatic heterocycles. The molecule has 0 saturated carbocycles. The first-order chi connectivity index (χ1) is 11.3. The molecule has 1 aliphatic rings. The second-order valence-electron chi connectivity index (χ2n) is 5.66. The van der Waals surface area contributed by atoms with Crippen LogP contribution in [0.15, 0.2) is 5.11 Å². The predicted octanol–water partition coefficient (Wildman–Crippen LogP) is 0.905. The van der Waals surface area contributed by atoms with E-state index in [2.05, 4.69) is 15.3 Å². The monoisotopic (exact) mass is 342 g/mol. The number of carbonyl (C=O) groups is 3. The molecular formula is C14H22N4O6. The van der Waals surface area contributed by atoms with Crippen molar-refractivity contribution in [2.24, 2.45) is 17.0 Å². The number of nitrogens with one attached hydrogen (secondary N) is 1. The van der Waals surface area contributed by atoms with E-state index in [4.69, 9.17) is 19.7 Å². The van der Waals surface area contributed by atoms with Crippen molar-refractivity contribution in [2.75, 3.05) is 13.2 Å². The molecule has 10 heteroatoms. The summed E-state index contributed by atoms with van der Waals surface area (Å²) in [7, 11) is 0. The van der Waals surface area contributed by atoms with Gasteiger partial charge in [-0.2, -0.15) is 0 Å². The highest BCUT2D eigenvalue weighted by atomic mass is 16.7. The lowest BCUT2D eigenvalue weighted by Gasteiger charge is -2.43. The van der Waals surface area contributed by atoms with E-state index < -0.39 is 36.3 Å². The second-order valence-corrected chi connectivity index (χ2v) is 5.66. The maximum Gasteiger partial charge on any atom is 0.305 e. The summed E-state index contributed by atoms with van der Waals surface area (Å²) in [5.74, 6) is -1.73. The van der Waals surface area contributed by atoms with E-state index in [1.54, 1.807) is 0 Å². The summed E-state index contributed by atoms with van der Waals surface area (Å²) in [5, 5.41) is 5.85. The average molecular weight is 342 g/mol. The van der Waals surface area contributed by atoms with Gasteiger partial charge in [0.2, 0.25) is 12.2 Å². The molecule has 0 aromatic heterocycles. The van der Waals surface area contributed by atoms with Crippen LogP contribution in [-0.2, 0) is 28.6 Å². The van der Waals surface area contributed by atoms with Gasteiger partial charge in [-0.15, -0.1) is 0 Å². The number of esters is 2. The summed E-state index contributed by atoms with van der Waals surface area (Å²) in [6.07, 6.45) is -1.50. The maximum absolute atomic E-state index is 11.8. The first-order valence-electron chi connectivity index (χ1n) is 7.52. The van der Waals surface area contributed by atoms with Crippen molar-refractivity contribution >= 4 is 17.8 Å². The van der Waals surface area contributed by atoms with Crippen molar-refractivity contribution in [3.05, 3.63) is 10.4 Å². The van der Waals surface area contributed by atoms with Gasteiger partial charge in [0, 0.05) is 18.8 Å². The minimum atomic E-state index is -1.02. The third kappa shape index (κ3) is 5.71. The summed E-state index contributed by atoms with van der Waals surface area (Å²) in [6, 6.07) is -0.612. The molecular weight excluding hydrogens is 320 g/mol. The summed E-state index contributed by atoms with van der Waals surface area (Å²) in [4.78, 5) is 36.6. The molecule has 134 valence electrons. The molecule has 0 aromatic carbocycles. The van der Waals surface area contributed by atoms with Crippen molar-refractivity contribution in [3.8, 4) is 0 Å². The Labute approximate surface area is 139 Å². The van der Waals surface area contributed by atoms with Gasteiger partial charge in [0.25, 0.3) is 0 Å². The van der Waals surface area contributed by atoms with Gasteiger partial charge in [-0.25, -0.2) is 0 Å². The average Bonchev–Trinajstić information content (AvgIpc) is 2.50. The predicted molar refractivity (Wildman–Crippen MR) is 81.3 cm³/mol. The number of azide groups is 1. The smallest absolute Gasteiger partial charge is 0.305 e. The van der Waals surface area contributed by atoms with Crippen LogP contribution in [0.25, 0.3) is 10.4 Å². The zero-order valence-corrected chi connectivity index (χ0v) is 14.1. The third-order valence-electron chi connectivity index (χ3n) is 3.92. The van der Waals surface area contributed by atoms with Gasteiger partial charge in [-0.1, -0.05) is 19.0 Å². The van der Waals surface area contributed by atoms with E-state index >= 15 is 0 Å². The van der Waals surface area contributed by atoms with Gasteiger partial charge >= 0.3 is 11.9 Å². The topological polar surface area (TPSA) is 140 Å². The SMILES string of the molecule is CC(=O)OCC1OC(OC(C)=O)C(NC(=O)CN=[N+]=[N-])C(C)C1C. The molecule has 1 amide bonds. The minimum Gasteiger partial charge on any atom is -0.463 e. The fourth-order valence-electron chi connectivity index (χ4n) is 2.48. The minimum absolute atomic E-state index is 0.0258. The van der Waals surface area contributed by atoms with Crippen LogP contribution in [0.2, 0.25) is 0 Å². The Kier molecular flexibility index (Phi) is 7.47. The standard InChI is InChI=1S/C14H22N4O6/c1-7-8(2)13(17-12(21)5-16-18-15)14(23-10(4)20)24-11(7)6-22-9(3)19/h7-8,11,13-14H,5-6H2,1-4H3,(H,17,21). The number of amides is 1. The third-order valence-corrected chi connectivity index (χ3v) is 3.92. The number of hydrogen-bond donors (Lipinski definition) is 1. The normalized spacial score (nSPS) is 29.1. The van der Waals surface area contributed by atoms with E-state index in [0.29, 0.717) is 0 Å². The maximum atomic E-state index is 11.8. The van der Waals surface area contributed by atoms with Crippen LogP contribution in [0.1, 0.15) is 27.7 Å². The highest BCUT2D eigenvalue weighted by Crippen LogP contribution is 2.31. The largest absolute Gasteiger partial charge is 0.463 e. The molecule has 5 atom stereocenters. The van der Waals surface area contributed by atoms with Crippen LogP contribution in [0.3, 0.4) is 0 Å². The molecule has 0 aromatic rings. The Balaban J connectivity index is 2.87. The van der Waals surface area contributed by atoms with Gasteiger partial charge in [0.05, 0.1) is 12.1 Å². The van der Waals surface area contributed by atoms with Crippen LogP contribution in [0.4, 0.5) is 0 Å². The molecule has 0 radical (unpaired) electrons. The second kappa shape index (κ2) is 9.09. The van der Waals surface area contributed by atoms with Crippen LogP contribution in [0.5, 0.6) is 0 Å². The fourth-order valence-corrected chi connectivity index (χ4v) is 2.48. The molecule has 0 bridgehead atoms. The lowest BCUT2D eigenvalue weighted by molar-refractivity contribution is -0.238. The molecule has 10 nitrogen and oxygen atoms in total. The first kappa shape index (κ1) is 19.7. The van der Waals surface area contributed by atoms with Gasteiger partial charge in [-0.05, 0) is 17.4 Å². The van der Waals surface area contributed by atoms with Gasteiger partial charge in [0.15, 0.2) is 0 Å². The van der Waals surface area contributed by atoms with Crippen molar-refractivity contribution in [1.82, 2.24) is 5.32 Å². The summed E-state index contributed by atoms with van der Waals surface area (Å²) in [6.45, 7) is 5.93. The van der Waals surface area contributed by atoms with E-state index in [1.807, 2.05) is 13.8 Å². The first-order valence-corrected chi connectivity index (χ1v) is 7.52. The highest BCUT2D eigenvalue weighted by Gasteiger charge is 2.44. The van der Waals surface area contributed by atoms with E-state index in [-0.39, 0.29) is 25.0 Å². The number of carbonyl (C=O) groups excluding carboxylic acids is 3. The van der Waals surface area contributed by atoms with Crippen molar-refractivity contribution < 1.29 is 28.6 Å². The highest BCUT2D eigenvalue weighted by molar-refractivity contribution is 5.78. The molecule has 1 heterocycles. The lowest BCUT2D eigenvalue weighted by atomic mass is 9.82. The molecule has 1 fully saturated rings. The van der Waals surface area contributed by atoms with Crippen LogP contribution in [0, 0.1) is 11.8 Å². The van der Waals surface area contributed by atoms with E-state index in [1.165, 1.54) is 13.8 Å². The Morgan fingerprint density at radius 2 is 1.88 bits per heavy atom. The van der Waals surface area contributed by atoms with E-state index in [0.717, 1.165) is 0 Å². The molecule has 1 N–H and O–H groups in total. The van der Waals surface area contributed by atoms with Crippen molar-refractivity contribution in [2.45, 2.75) is 46.1 Å². The Bertz CT molecular complexity index is 533. The fraction of sp³-hybridized carbons (Fsp3) is 0.786. The van der Waals surface area contributed by atoms with Crippen molar-refractivity contribution in [3.63, 3.8) is 0 Å². The van der Waals surface area contributed by atoms with Crippen molar-refractivity contribution in [1.29, 1.82) is 0 Å². The molecule has 1 saturated heterocycles. The lowest BCUT2D eigenvalue weighted by Crippen LogP contribution is -2.59. The zero-order valence-electron chi connectivity index (χ0n) is 14.1. The molecule has 24 heavy (non-hydrogen) atoms. The van der Waals surface area contributed by atoms with E-state index in [9.17, 15) is 14.4 Å². The number of ether oxygens (including phenoxy) is 3. The Morgan fingerprint density at radius 3 is 2.42 bits per heavy atom. The zero-order chi connectivity index (χ0) is 18.3. The van der Waals surface area contributed by atoms with Gasteiger partial charge < -0.3 is 19.5 Å². The summed E-state index contributed by atoms with van der Waals surface area (Å²) < 4.78 is 15.8. The molecule has 1 rings (SSSR count). The van der Waals surface area contributed by atoms with Crippen LogP contribution in [-0.4, -0.2) is 49.4 Å². The Hall–Kier alpha value is -2.32. The number of hydrogen-bond acceptors (Lipinski definition) is 7. The Morgan fingerprint density at radius 1 is 1.21 bits per heavy atom. The number of nitrogens with zero attached hydrogens (tertiary/aromatic N) is 3. The van der Waals surface area contributed by atoms with Gasteiger partial charge in [0.1, 0.15) is 13.2 Å². The molecule has 0 spiro atoms. The molecule has 0 aliphatic carbocycles. The van der Waals surface area contributed by atoms with Crippen LogP contribution >= 0.6 is 0 Å². The quantitative estimate of drug-likeness (QED) is 0.329. The van der Waals surface area contributed by atoms with Crippen LogP contribution < -0.4 is 5.32 Å². The number of rotatable bonds is 6. The summed E-state index contributed by atoms with van der Waals surface area (Å²) >= 11 is 0. The molecule has 5 unspecified atom stereocenters. The summed E-state index contributed by atoms with van der Waals surface area (Å²) in [5.41, 5.74) is 8.27. The van der Waals surface area contributed by atoms with Gasteiger partial charge in [-0.3, -0.25) is 14.4 Å².